The van der Waals surface area contributed by atoms with E-state index in [1.54, 1.807) is 19.1 Å². The van der Waals surface area contributed by atoms with Crippen LogP contribution in [-0.4, -0.2) is 18.0 Å². The van der Waals surface area contributed by atoms with Crippen LogP contribution in [0.25, 0.3) is 0 Å². The summed E-state index contributed by atoms with van der Waals surface area (Å²) in [6.45, 7) is 1.80. The summed E-state index contributed by atoms with van der Waals surface area (Å²) in [7, 11) is 0. The number of carbonyl (C=O) groups is 1. The van der Waals surface area contributed by atoms with Crippen LogP contribution >= 0.6 is 11.6 Å². The molecule has 0 aliphatic heterocycles. The Hall–Kier alpha value is -1.42. The molecule has 0 bridgehead atoms. The van der Waals surface area contributed by atoms with Gasteiger partial charge in [0.2, 0.25) is 5.91 Å². The molecular weight excluding hydrogens is 238 g/mol. The minimum atomic E-state index is -0.323. The highest BCUT2D eigenvalue weighted by Gasteiger charge is 2.25. The van der Waals surface area contributed by atoms with Crippen molar-refractivity contribution in [3.63, 3.8) is 0 Å². The van der Waals surface area contributed by atoms with Gasteiger partial charge in [0.25, 0.3) is 0 Å². The minimum absolute atomic E-state index is 0.00752. The van der Waals surface area contributed by atoms with Crippen LogP contribution in [0.15, 0.2) is 18.2 Å². The summed E-state index contributed by atoms with van der Waals surface area (Å²) in [6, 6.07) is 5.37. The predicted molar refractivity (Wildman–Crippen MR) is 70.1 cm³/mol. The SMILES string of the molecule is CC(Nc1cccc(Cl)c1N)C(=O)NC1CC1. The summed E-state index contributed by atoms with van der Waals surface area (Å²) >= 11 is 5.91. The first-order valence-electron chi connectivity index (χ1n) is 5.69. The highest BCUT2D eigenvalue weighted by Crippen LogP contribution is 2.27. The zero-order valence-corrected chi connectivity index (χ0v) is 10.4. The Kier molecular flexibility index (Phi) is 3.43. The maximum atomic E-state index is 11.7. The third-order valence-corrected chi connectivity index (χ3v) is 3.07. The number of hydrogen-bond acceptors (Lipinski definition) is 3. The molecule has 1 aromatic carbocycles. The highest BCUT2D eigenvalue weighted by atomic mass is 35.5. The van der Waals surface area contributed by atoms with Crippen LogP contribution in [0.3, 0.4) is 0 Å². The van der Waals surface area contributed by atoms with Crippen molar-refractivity contribution in [3.05, 3.63) is 23.2 Å². The van der Waals surface area contributed by atoms with Crippen molar-refractivity contribution in [3.8, 4) is 0 Å². The molecule has 1 aliphatic carbocycles. The average Bonchev–Trinajstić information content (AvgIpc) is 3.08. The number of halogens is 1. The van der Waals surface area contributed by atoms with Crippen molar-refractivity contribution < 1.29 is 4.79 Å². The second kappa shape index (κ2) is 4.84. The number of amides is 1. The average molecular weight is 254 g/mol. The smallest absolute Gasteiger partial charge is 0.242 e. The van der Waals surface area contributed by atoms with Gasteiger partial charge in [-0.25, -0.2) is 0 Å². The third-order valence-electron chi connectivity index (χ3n) is 2.74. The van der Waals surface area contributed by atoms with E-state index in [-0.39, 0.29) is 11.9 Å². The fourth-order valence-electron chi connectivity index (χ4n) is 1.52. The van der Waals surface area contributed by atoms with Gasteiger partial charge in [-0.15, -0.1) is 0 Å². The van der Waals surface area contributed by atoms with Gasteiger partial charge in [0, 0.05) is 6.04 Å². The second-order valence-electron chi connectivity index (χ2n) is 4.35. The normalized spacial score (nSPS) is 16.4. The van der Waals surface area contributed by atoms with Gasteiger partial charge in [0.1, 0.15) is 6.04 Å². The first-order valence-corrected chi connectivity index (χ1v) is 6.06. The monoisotopic (exact) mass is 253 g/mol. The van der Waals surface area contributed by atoms with Crippen molar-refractivity contribution in [1.82, 2.24) is 5.32 Å². The molecule has 1 atom stereocenters. The van der Waals surface area contributed by atoms with E-state index in [2.05, 4.69) is 10.6 Å². The number of benzene rings is 1. The molecule has 2 rings (SSSR count). The summed E-state index contributed by atoms with van der Waals surface area (Å²) < 4.78 is 0. The van der Waals surface area contributed by atoms with Crippen LogP contribution in [0, 0.1) is 0 Å². The predicted octanol–water partition coefficient (Wildman–Crippen LogP) is 2.00. The van der Waals surface area contributed by atoms with Gasteiger partial charge >= 0.3 is 0 Å². The zero-order chi connectivity index (χ0) is 12.4. The van der Waals surface area contributed by atoms with E-state index >= 15 is 0 Å². The molecule has 5 heteroatoms. The highest BCUT2D eigenvalue weighted by molar-refractivity contribution is 6.33. The standard InChI is InChI=1S/C12H16ClN3O/c1-7(12(17)16-8-5-6-8)15-10-4-2-3-9(13)11(10)14/h2-4,7-8,15H,5-6,14H2,1H3,(H,16,17). The molecule has 1 unspecified atom stereocenters. The third kappa shape index (κ3) is 3.03. The quantitative estimate of drug-likeness (QED) is 0.719. The van der Waals surface area contributed by atoms with Crippen molar-refractivity contribution in [2.75, 3.05) is 11.1 Å². The van der Waals surface area contributed by atoms with E-state index in [1.165, 1.54) is 0 Å². The van der Waals surface area contributed by atoms with Gasteiger partial charge in [0.15, 0.2) is 0 Å². The van der Waals surface area contributed by atoms with E-state index in [0.717, 1.165) is 12.8 Å². The topological polar surface area (TPSA) is 67.1 Å². The number of rotatable bonds is 4. The van der Waals surface area contributed by atoms with Gasteiger partial charge in [-0.3, -0.25) is 4.79 Å². The fraction of sp³-hybridized carbons (Fsp3) is 0.417. The lowest BCUT2D eigenvalue weighted by molar-refractivity contribution is -0.121. The van der Waals surface area contributed by atoms with Crippen LogP contribution in [0.4, 0.5) is 11.4 Å². The molecule has 4 nitrogen and oxygen atoms in total. The molecule has 1 aliphatic rings. The number of hydrogen-bond donors (Lipinski definition) is 3. The number of carbonyl (C=O) groups excluding carboxylic acids is 1. The van der Waals surface area contributed by atoms with E-state index in [4.69, 9.17) is 17.3 Å². The molecule has 0 saturated heterocycles. The summed E-state index contributed by atoms with van der Waals surface area (Å²) in [5.74, 6) is -0.00752. The van der Waals surface area contributed by atoms with E-state index < -0.39 is 0 Å². The molecule has 0 spiro atoms. The first kappa shape index (κ1) is 12.0. The van der Waals surface area contributed by atoms with Gasteiger partial charge in [-0.2, -0.15) is 0 Å². The van der Waals surface area contributed by atoms with Gasteiger partial charge < -0.3 is 16.4 Å². The number of nitrogens with two attached hydrogens (primary N) is 1. The molecule has 17 heavy (non-hydrogen) atoms. The van der Waals surface area contributed by atoms with Gasteiger partial charge in [0.05, 0.1) is 16.4 Å². The Morgan fingerprint density at radius 3 is 2.88 bits per heavy atom. The Morgan fingerprint density at radius 1 is 1.53 bits per heavy atom. The van der Waals surface area contributed by atoms with Crippen molar-refractivity contribution >= 4 is 28.9 Å². The van der Waals surface area contributed by atoms with Crippen molar-refractivity contribution in [1.29, 1.82) is 0 Å². The van der Waals surface area contributed by atoms with Gasteiger partial charge in [-0.05, 0) is 31.9 Å². The molecule has 1 fully saturated rings. The Morgan fingerprint density at radius 2 is 2.24 bits per heavy atom. The van der Waals surface area contributed by atoms with Crippen molar-refractivity contribution in [2.24, 2.45) is 0 Å². The summed E-state index contributed by atoms with van der Waals surface area (Å²) in [4.78, 5) is 11.7. The molecule has 1 amide bonds. The van der Waals surface area contributed by atoms with Crippen LogP contribution < -0.4 is 16.4 Å². The summed E-state index contributed by atoms with van der Waals surface area (Å²) in [5.41, 5.74) is 6.98. The molecule has 0 radical (unpaired) electrons. The van der Waals surface area contributed by atoms with Gasteiger partial charge in [-0.1, -0.05) is 17.7 Å². The van der Waals surface area contributed by atoms with Crippen LogP contribution in [0.5, 0.6) is 0 Å². The molecule has 4 N–H and O–H groups in total. The van der Waals surface area contributed by atoms with Crippen LogP contribution in [-0.2, 0) is 4.79 Å². The molecule has 0 aromatic heterocycles. The first-order chi connectivity index (χ1) is 8.08. The molecular formula is C12H16ClN3O. The zero-order valence-electron chi connectivity index (χ0n) is 9.66. The number of para-hydroxylation sites is 1. The lowest BCUT2D eigenvalue weighted by Gasteiger charge is -2.16. The van der Waals surface area contributed by atoms with E-state index in [1.807, 2.05) is 6.07 Å². The fourth-order valence-corrected chi connectivity index (χ4v) is 1.69. The lowest BCUT2D eigenvalue weighted by Crippen LogP contribution is -2.38. The number of anilines is 2. The van der Waals surface area contributed by atoms with Crippen LogP contribution in [0.1, 0.15) is 19.8 Å². The second-order valence-corrected chi connectivity index (χ2v) is 4.76. The Labute approximate surface area is 106 Å². The molecule has 0 heterocycles. The van der Waals surface area contributed by atoms with Crippen molar-refractivity contribution in [2.45, 2.75) is 31.8 Å². The largest absolute Gasteiger partial charge is 0.396 e. The maximum Gasteiger partial charge on any atom is 0.242 e. The van der Waals surface area contributed by atoms with E-state index in [0.29, 0.717) is 22.4 Å². The summed E-state index contributed by atoms with van der Waals surface area (Å²) in [5, 5.41) is 6.49. The molecule has 1 saturated carbocycles. The molecule has 1 aromatic rings. The lowest BCUT2D eigenvalue weighted by atomic mass is 10.2. The minimum Gasteiger partial charge on any atom is -0.396 e. The Balaban J connectivity index is 1.99. The maximum absolute atomic E-state index is 11.7. The number of nitrogen functional groups attached to an aromatic ring is 1. The van der Waals surface area contributed by atoms with Crippen LogP contribution in [0.2, 0.25) is 5.02 Å². The Bertz CT molecular complexity index is 432. The van der Waals surface area contributed by atoms with E-state index in [9.17, 15) is 4.79 Å². The summed E-state index contributed by atoms with van der Waals surface area (Å²) in [6.07, 6.45) is 2.16. The number of nitrogens with one attached hydrogen (secondary N) is 2. The molecule has 92 valence electrons.